The minimum absolute atomic E-state index is 0.550. The fraction of sp³-hybridized carbons (Fsp3) is 0. The molecule has 4 nitrogen and oxygen atoms in total. The van der Waals surface area contributed by atoms with Gasteiger partial charge in [0.15, 0.2) is 0 Å². The summed E-state index contributed by atoms with van der Waals surface area (Å²) in [5.41, 5.74) is 2.92. The summed E-state index contributed by atoms with van der Waals surface area (Å²) in [7, 11) is 0. The molecule has 0 aliphatic carbocycles. The van der Waals surface area contributed by atoms with Crippen molar-refractivity contribution in [2.24, 2.45) is 0 Å². The van der Waals surface area contributed by atoms with E-state index in [1.165, 1.54) is 0 Å². The quantitative estimate of drug-likeness (QED) is 0.773. The van der Waals surface area contributed by atoms with Gasteiger partial charge in [0.2, 0.25) is 0 Å². The Morgan fingerprint density at radius 2 is 2.05 bits per heavy atom. The Bertz CT molecular complexity index is 823. The van der Waals surface area contributed by atoms with Gasteiger partial charge in [0.25, 0.3) is 0 Å². The summed E-state index contributed by atoms with van der Waals surface area (Å²) >= 11 is 3.41. The summed E-state index contributed by atoms with van der Waals surface area (Å²) in [6.07, 6.45) is 4.99. The van der Waals surface area contributed by atoms with Crippen molar-refractivity contribution in [3.05, 3.63) is 59.0 Å². The van der Waals surface area contributed by atoms with Crippen LogP contribution in [0, 0.1) is 11.3 Å². The van der Waals surface area contributed by atoms with E-state index in [4.69, 9.17) is 5.26 Å². The smallest absolute Gasteiger partial charge is 0.101 e. The molecule has 0 atom stereocenters. The Morgan fingerprint density at radius 3 is 2.90 bits per heavy atom. The van der Waals surface area contributed by atoms with Gasteiger partial charge in [0.1, 0.15) is 6.07 Å². The van der Waals surface area contributed by atoms with Gasteiger partial charge in [-0.15, -0.1) is 0 Å². The van der Waals surface area contributed by atoms with Crippen LogP contribution in [0.25, 0.3) is 10.9 Å². The molecule has 2 heterocycles. The van der Waals surface area contributed by atoms with E-state index in [9.17, 15) is 0 Å². The molecule has 1 N–H and O–H groups in total. The van der Waals surface area contributed by atoms with Crippen LogP contribution in [0.15, 0.2) is 53.4 Å². The van der Waals surface area contributed by atoms with Crippen LogP contribution in [-0.4, -0.2) is 9.97 Å². The van der Waals surface area contributed by atoms with E-state index in [1.807, 2.05) is 24.3 Å². The highest BCUT2D eigenvalue weighted by atomic mass is 79.9. The first-order valence-electron chi connectivity index (χ1n) is 5.93. The lowest BCUT2D eigenvalue weighted by atomic mass is 10.1. The second-order valence-corrected chi connectivity index (χ2v) is 5.10. The van der Waals surface area contributed by atoms with Crippen LogP contribution in [0.4, 0.5) is 11.4 Å². The van der Waals surface area contributed by atoms with Gasteiger partial charge in [-0.1, -0.05) is 12.1 Å². The van der Waals surface area contributed by atoms with E-state index in [-0.39, 0.29) is 0 Å². The highest BCUT2D eigenvalue weighted by Crippen LogP contribution is 2.27. The highest BCUT2D eigenvalue weighted by Gasteiger charge is 2.06. The minimum atomic E-state index is 0.550. The summed E-state index contributed by atoms with van der Waals surface area (Å²) < 4.78 is 0.932. The molecule has 0 aliphatic rings. The Kier molecular flexibility index (Phi) is 3.32. The molecule has 0 fully saturated rings. The molecule has 0 amide bonds. The number of nitrogens with one attached hydrogen (secondary N) is 1. The second-order valence-electron chi connectivity index (χ2n) is 4.19. The molecule has 0 saturated carbocycles. The molecule has 0 radical (unpaired) electrons. The average Bonchev–Trinajstić information content (AvgIpc) is 2.47. The lowest BCUT2D eigenvalue weighted by Crippen LogP contribution is -1.96. The van der Waals surface area contributed by atoms with Crippen LogP contribution in [-0.2, 0) is 0 Å². The maximum atomic E-state index is 9.11. The first kappa shape index (κ1) is 12.6. The van der Waals surface area contributed by atoms with Crippen LogP contribution in [0.1, 0.15) is 5.56 Å². The molecule has 20 heavy (non-hydrogen) atoms. The third-order valence-corrected chi connectivity index (χ3v) is 3.32. The van der Waals surface area contributed by atoms with Gasteiger partial charge in [-0.2, -0.15) is 5.26 Å². The number of fused-ring (bicyclic) bond motifs is 1. The summed E-state index contributed by atoms with van der Waals surface area (Å²) in [5.74, 6) is 0. The van der Waals surface area contributed by atoms with Crippen molar-refractivity contribution in [2.45, 2.75) is 0 Å². The number of rotatable bonds is 2. The SMILES string of the molecule is N#Cc1ccncc1Nc1cccc2cc(Br)cnc12. The van der Waals surface area contributed by atoms with E-state index >= 15 is 0 Å². The molecule has 0 aliphatic heterocycles. The topological polar surface area (TPSA) is 61.6 Å². The van der Waals surface area contributed by atoms with E-state index in [1.54, 1.807) is 24.7 Å². The minimum Gasteiger partial charge on any atom is -0.351 e. The van der Waals surface area contributed by atoms with E-state index in [2.05, 4.69) is 37.3 Å². The number of aromatic nitrogens is 2. The third kappa shape index (κ3) is 2.33. The lowest BCUT2D eigenvalue weighted by Gasteiger charge is -2.10. The van der Waals surface area contributed by atoms with Crippen LogP contribution in [0.3, 0.4) is 0 Å². The van der Waals surface area contributed by atoms with Crippen LogP contribution in [0.5, 0.6) is 0 Å². The zero-order valence-corrected chi connectivity index (χ0v) is 11.9. The van der Waals surface area contributed by atoms with Gasteiger partial charge in [-0.05, 0) is 34.1 Å². The average molecular weight is 325 g/mol. The van der Waals surface area contributed by atoms with Gasteiger partial charge >= 0.3 is 0 Å². The maximum absolute atomic E-state index is 9.11. The Morgan fingerprint density at radius 1 is 1.15 bits per heavy atom. The fourth-order valence-corrected chi connectivity index (χ4v) is 2.32. The first-order chi connectivity index (χ1) is 9.78. The number of halogens is 1. The fourth-order valence-electron chi connectivity index (χ4n) is 1.97. The monoisotopic (exact) mass is 324 g/mol. The Hall–Kier alpha value is -2.45. The maximum Gasteiger partial charge on any atom is 0.101 e. The standard InChI is InChI=1S/C15H9BrN4/c16-12-6-10-2-1-3-13(15(10)19-8-12)20-14-9-18-5-4-11(14)7-17/h1-6,8-9,20H. The van der Waals surface area contributed by atoms with Gasteiger partial charge in [-0.25, -0.2) is 0 Å². The van der Waals surface area contributed by atoms with Crippen LogP contribution in [0.2, 0.25) is 0 Å². The van der Waals surface area contributed by atoms with Crippen molar-refractivity contribution in [3.8, 4) is 6.07 Å². The van der Waals surface area contributed by atoms with Gasteiger partial charge in [0.05, 0.1) is 28.7 Å². The number of para-hydroxylation sites is 1. The normalized spacial score (nSPS) is 10.2. The van der Waals surface area contributed by atoms with Gasteiger partial charge in [-0.3, -0.25) is 9.97 Å². The third-order valence-electron chi connectivity index (χ3n) is 2.89. The predicted octanol–water partition coefficient (Wildman–Crippen LogP) is 4.01. The summed E-state index contributed by atoms with van der Waals surface area (Å²) in [5, 5.41) is 13.3. The van der Waals surface area contributed by atoms with Gasteiger partial charge < -0.3 is 5.32 Å². The zero-order valence-electron chi connectivity index (χ0n) is 10.3. The molecular formula is C15H9BrN4. The number of nitrogens with zero attached hydrogens (tertiary/aromatic N) is 3. The molecule has 0 unspecified atom stereocenters. The van der Waals surface area contributed by atoms with Crippen LogP contribution < -0.4 is 5.32 Å². The van der Waals surface area contributed by atoms with E-state index in [0.29, 0.717) is 11.3 Å². The van der Waals surface area contributed by atoms with Crippen molar-refractivity contribution in [1.29, 1.82) is 5.26 Å². The summed E-state index contributed by atoms with van der Waals surface area (Å²) in [6.45, 7) is 0. The molecule has 0 spiro atoms. The molecule has 0 bridgehead atoms. The van der Waals surface area contributed by atoms with E-state index < -0.39 is 0 Å². The van der Waals surface area contributed by atoms with Crippen molar-refractivity contribution in [2.75, 3.05) is 5.32 Å². The molecule has 1 aromatic carbocycles. The molecule has 2 aromatic heterocycles. The van der Waals surface area contributed by atoms with Gasteiger partial charge in [0, 0.05) is 22.3 Å². The van der Waals surface area contributed by atoms with Crippen molar-refractivity contribution in [3.63, 3.8) is 0 Å². The number of benzene rings is 1. The molecule has 3 aromatic rings. The molecule has 96 valence electrons. The van der Waals surface area contributed by atoms with E-state index in [0.717, 1.165) is 21.1 Å². The second kappa shape index (κ2) is 5.27. The number of pyridine rings is 2. The predicted molar refractivity (Wildman–Crippen MR) is 81.7 cm³/mol. The van der Waals surface area contributed by atoms with Crippen LogP contribution >= 0.6 is 15.9 Å². The first-order valence-corrected chi connectivity index (χ1v) is 6.72. The summed E-state index contributed by atoms with van der Waals surface area (Å²) in [4.78, 5) is 8.46. The number of anilines is 2. The zero-order chi connectivity index (χ0) is 13.9. The Labute approximate surface area is 124 Å². The molecule has 5 heteroatoms. The Balaban J connectivity index is 2.10. The molecule has 0 saturated heterocycles. The molecule has 3 rings (SSSR count). The molecular weight excluding hydrogens is 316 g/mol. The summed E-state index contributed by atoms with van der Waals surface area (Å²) in [6, 6.07) is 11.7. The van der Waals surface area contributed by atoms with Crippen molar-refractivity contribution < 1.29 is 0 Å². The lowest BCUT2D eigenvalue weighted by molar-refractivity contribution is 1.30. The number of nitriles is 1. The number of hydrogen-bond acceptors (Lipinski definition) is 4. The van der Waals surface area contributed by atoms with Crippen molar-refractivity contribution >= 4 is 38.2 Å². The highest BCUT2D eigenvalue weighted by molar-refractivity contribution is 9.10. The number of hydrogen-bond donors (Lipinski definition) is 1. The van der Waals surface area contributed by atoms with Crippen molar-refractivity contribution in [1.82, 2.24) is 9.97 Å². The largest absolute Gasteiger partial charge is 0.351 e.